The van der Waals surface area contributed by atoms with Gasteiger partial charge in [0.2, 0.25) is 5.91 Å². The SMILES string of the molecule is CCC(C)NC(=O)CCn1ccnc1SCC(=O)O. The second kappa shape index (κ2) is 7.83. The van der Waals surface area contributed by atoms with Crippen LogP contribution in [0.4, 0.5) is 0 Å². The monoisotopic (exact) mass is 285 g/mol. The Balaban J connectivity index is 2.42. The number of aromatic nitrogens is 2. The van der Waals surface area contributed by atoms with E-state index in [-0.39, 0.29) is 17.7 Å². The van der Waals surface area contributed by atoms with E-state index in [1.165, 1.54) is 0 Å². The molecule has 1 atom stereocenters. The minimum atomic E-state index is -0.880. The number of nitrogens with one attached hydrogen (secondary N) is 1. The van der Waals surface area contributed by atoms with E-state index in [1.807, 2.05) is 13.8 Å². The van der Waals surface area contributed by atoms with Crippen LogP contribution in [0.1, 0.15) is 26.7 Å². The van der Waals surface area contributed by atoms with Gasteiger partial charge in [0.05, 0.1) is 5.75 Å². The lowest BCUT2D eigenvalue weighted by atomic mass is 10.2. The summed E-state index contributed by atoms with van der Waals surface area (Å²) in [6, 6.07) is 0.177. The van der Waals surface area contributed by atoms with Gasteiger partial charge in [0, 0.05) is 31.4 Å². The molecule has 0 saturated carbocycles. The molecule has 0 bridgehead atoms. The minimum absolute atomic E-state index is 0.00256. The highest BCUT2D eigenvalue weighted by Gasteiger charge is 2.09. The molecule has 0 aromatic carbocycles. The molecule has 1 aromatic rings. The van der Waals surface area contributed by atoms with E-state index < -0.39 is 5.97 Å². The van der Waals surface area contributed by atoms with Crippen LogP contribution in [-0.4, -0.2) is 38.3 Å². The van der Waals surface area contributed by atoms with E-state index in [1.54, 1.807) is 17.0 Å². The summed E-state index contributed by atoms with van der Waals surface area (Å²) in [5, 5.41) is 12.1. The molecule has 106 valence electrons. The van der Waals surface area contributed by atoms with Crippen molar-refractivity contribution in [3.63, 3.8) is 0 Å². The highest BCUT2D eigenvalue weighted by atomic mass is 32.2. The van der Waals surface area contributed by atoms with E-state index in [0.717, 1.165) is 18.2 Å². The number of hydrogen-bond donors (Lipinski definition) is 2. The molecular formula is C12H19N3O3S. The van der Waals surface area contributed by atoms with Crippen molar-refractivity contribution >= 4 is 23.6 Å². The van der Waals surface area contributed by atoms with Crippen LogP contribution in [0.2, 0.25) is 0 Å². The average Bonchev–Trinajstić information content (AvgIpc) is 2.81. The number of aliphatic carboxylic acids is 1. The molecule has 0 aliphatic rings. The Hall–Kier alpha value is -1.50. The summed E-state index contributed by atoms with van der Waals surface area (Å²) in [5.41, 5.74) is 0. The summed E-state index contributed by atoms with van der Waals surface area (Å²) in [4.78, 5) is 26.2. The van der Waals surface area contributed by atoms with E-state index in [0.29, 0.717) is 18.1 Å². The van der Waals surface area contributed by atoms with Gasteiger partial charge in [-0.25, -0.2) is 4.98 Å². The fourth-order valence-electron chi connectivity index (χ4n) is 1.40. The van der Waals surface area contributed by atoms with Gasteiger partial charge < -0.3 is 15.0 Å². The molecule has 7 heteroatoms. The molecule has 1 aromatic heterocycles. The Kier molecular flexibility index (Phi) is 6.41. The lowest BCUT2D eigenvalue weighted by Crippen LogP contribution is -2.32. The molecule has 0 spiro atoms. The number of aryl methyl sites for hydroxylation is 1. The molecule has 0 fully saturated rings. The summed E-state index contributed by atoms with van der Waals surface area (Å²) >= 11 is 1.15. The molecule has 1 rings (SSSR count). The summed E-state index contributed by atoms with van der Waals surface area (Å²) in [6.45, 7) is 4.48. The predicted molar refractivity (Wildman–Crippen MR) is 73.1 cm³/mol. The van der Waals surface area contributed by atoms with Crippen LogP contribution in [-0.2, 0) is 16.1 Å². The van der Waals surface area contributed by atoms with Gasteiger partial charge in [-0.2, -0.15) is 0 Å². The highest BCUT2D eigenvalue weighted by Crippen LogP contribution is 2.15. The van der Waals surface area contributed by atoms with Crippen LogP contribution in [0.5, 0.6) is 0 Å². The van der Waals surface area contributed by atoms with Crippen molar-refractivity contribution in [3.05, 3.63) is 12.4 Å². The lowest BCUT2D eigenvalue weighted by Gasteiger charge is -2.12. The molecule has 19 heavy (non-hydrogen) atoms. The standard InChI is InChI=1S/C12H19N3O3S/c1-3-9(2)14-10(16)4-6-15-7-5-13-12(15)19-8-11(17)18/h5,7,9H,3-4,6,8H2,1-2H3,(H,14,16)(H,17,18). The van der Waals surface area contributed by atoms with Crippen LogP contribution < -0.4 is 5.32 Å². The number of carboxylic acid groups (broad SMARTS) is 1. The Morgan fingerprint density at radius 3 is 2.95 bits per heavy atom. The maximum absolute atomic E-state index is 11.6. The summed E-state index contributed by atoms with van der Waals surface area (Å²) < 4.78 is 1.80. The molecule has 1 heterocycles. The number of amides is 1. The summed E-state index contributed by atoms with van der Waals surface area (Å²) in [7, 11) is 0. The first-order chi connectivity index (χ1) is 9.02. The molecule has 0 radical (unpaired) electrons. The van der Waals surface area contributed by atoms with E-state index in [9.17, 15) is 9.59 Å². The zero-order chi connectivity index (χ0) is 14.3. The number of nitrogens with zero attached hydrogens (tertiary/aromatic N) is 2. The van der Waals surface area contributed by atoms with Crippen molar-refractivity contribution in [2.45, 2.75) is 44.4 Å². The first-order valence-electron chi connectivity index (χ1n) is 6.18. The largest absolute Gasteiger partial charge is 0.481 e. The second-order valence-electron chi connectivity index (χ2n) is 4.21. The normalized spacial score (nSPS) is 12.1. The first-order valence-corrected chi connectivity index (χ1v) is 7.16. The van der Waals surface area contributed by atoms with E-state index >= 15 is 0 Å². The van der Waals surface area contributed by atoms with Crippen molar-refractivity contribution in [2.24, 2.45) is 0 Å². The van der Waals surface area contributed by atoms with E-state index in [4.69, 9.17) is 5.11 Å². The number of imidazole rings is 1. The van der Waals surface area contributed by atoms with Gasteiger partial charge in [-0.05, 0) is 13.3 Å². The molecule has 1 unspecified atom stereocenters. The van der Waals surface area contributed by atoms with Crippen molar-refractivity contribution in [2.75, 3.05) is 5.75 Å². The third-order valence-corrected chi connectivity index (χ3v) is 3.59. The van der Waals surface area contributed by atoms with Gasteiger partial charge >= 0.3 is 5.97 Å². The smallest absolute Gasteiger partial charge is 0.313 e. The fourth-order valence-corrected chi connectivity index (χ4v) is 2.11. The van der Waals surface area contributed by atoms with Gasteiger partial charge in [0.25, 0.3) is 0 Å². The van der Waals surface area contributed by atoms with Crippen LogP contribution >= 0.6 is 11.8 Å². The van der Waals surface area contributed by atoms with Gasteiger partial charge in [-0.1, -0.05) is 18.7 Å². The number of carbonyl (C=O) groups excluding carboxylic acids is 1. The first kappa shape index (κ1) is 15.6. The molecule has 6 nitrogen and oxygen atoms in total. The quantitative estimate of drug-likeness (QED) is 0.705. The van der Waals surface area contributed by atoms with Crippen molar-refractivity contribution in [3.8, 4) is 0 Å². The zero-order valence-electron chi connectivity index (χ0n) is 11.1. The third kappa shape index (κ3) is 5.78. The van der Waals surface area contributed by atoms with Crippen LogP contribution in [0.25, 0.3) is 0 Å². The molecule has 1 amide bonds. The van der Waals surface area contributed by atoms with Gasteiger partial charge in [0.15, 0.2) is 5.16 Å². The van der Waals surface area contributed by atoms with Crippen LogP contribution in [0.15, 0.2) is 17.6 Å². The Morgan fingerprint density at radius 1 is 1.58 bits per heavy atom. The van der Waals surface area contributed by atoms with Crippen molar-refractivity contribution in [1.82, 2.24) is 14.9 Å². The van der Waals surface area contributed by atoms with Gasteiger partial charge in [-0.3, -0.25) is 9.59 Å². The average molecular weight is 285 g/mol. The second-order valence-corrected chi connectivity index (χ2v) is 5.15. The van der Waals surface area contributed by atoms with Crippen LogP contribution in [0, 0.1) is 0 Å². The number of thioether (sulfide) groups is 1. The topological polar surface area (TPSA) is 84.2 Å². The summed E-state index contributed by atoms with van der Waals surface area (Å²) in [6.07, 6.45) is 4.62. The molecule has 2 N–H and O–H groups in total. The number of carbonyl (C=O) groups is 2. The maximum atomic E-state index is 11.6. The minimum Gasteiger partial charge on any atom is -0.481 e. The molecular weight excluding hydrogens is 266 g/mol. The molecule has 0 aliphatic heterocycles. The van der Waals surface area contributed by atoms with Gasteiger partial charge in [-0.15, -0.1) is 0 Å². The number of rotatable bonds is 8. The Morgan fingerprint density at radius 2 is 2.32 bits per heavy atom. The third-order valence-electron chi connectivity index (χ3n) is 2.60. The highest BCUT2D eigenvalue weighted by molar-refractivity contribution is 7.99. The number of carboxylic acids is 1. The van der Waals surface area contributed by atoms with E-state index in [2.05, 4.69) is 10.3 Å². The fraction of sp³-hybridized carbons (Fsp3) is 0.583. The van der Waals surface area contributed by atoms with Crippen molar-refractivity contribution < 1.29 is 14.7 Å². The number of hydrogen-bond acceptors (Lipinski definition) is 4. The lowest BCUT2D eigenvalue weighted by molar-refractivity contribution is -0.134. The maximum Gasteiger partial charge on any atom is 0.313 e. The molecule has 0 saturated heterocycles. The zero-order valence-corrected chi connectivity index (χ0v) is 11.9. The molecule has 0 aliphatic carbocycles. The Labute approximate surface area is 116 Å². The van der Waals surface area contributed by atoms with Crippen LogP contribution in [0.3, 0.4) is 0 Å². The summed E-state index contributed by atoms with van der Waals surface area (Å²) in [5.74, 6) is -0.915. The van der Waals surface area contributed by atoms with Crippen molar-refractivity contribution in [1.29, 1.82) is 0 Å². The van der Waals surface area contributed by atoms with Gasteiger partial charge in [0.1, 0.15) is 0 Å². The Bertz CT molecular complexity index is 434. The predicted octanol–water partition coefficient (Wildman–Crippen LogP) is 1.36.